The van der Waals surface area contributed by atoms with E-state index in [0.717, 1.165) is 0 Å². The van der Waals surface area contributed by atoms with Crippen LogP contribution >= 0.6 is 31.9 Å². The molecule has 9 heavy (non-hydrogen) atoms. The highest BCUT2D eigenvalue weighted by Crippen LogP contribution is 2.22. The van der Waals surface area contributed by atoms with E-state index in [2.05, 4.69) is 31.9 Å². The molecule has 0 N–H and O–H groups in total. The third-order valence-electron chi connectivity index (χ3n) is 0.694. The quantitative estimate of drug-likeness (QED) is 0.625. The van der Waals surface area contributed by atoms with Crippen LogP contribution in [0.5, 0.6) is 0 Å². The normalized spacial score (nSPS) is 14.3. The molecule has 0 radical (unpaired) electrons. The number of hydrogen-bond acceptors (Lipinski definition) is 0. The molecule has 0 aliphatic rings. The highest BCUT2D eigenvalue weighted by Gasteiger charge is 1.95. The summed E-state index contributed by atoms with van der Waals surface area (Å²) < 4.78 is 34.8. The molecule has 0 nitrogen and oxygen atoms in total. The Labute approximate surface area is 73.5 Å². The maximum Gasteiger partial charge on any atom is 0.124 e. The van der Waals surface area contributed by atoms with Crippen molar-refractivity contribution in [2.75, 3.05) is 0 Å². The van der Waals surface area contributed by atoms with Crippen molar-refractivity contribution in [3.63, 3.8) is 0 Å². The first-order chi connectivity index (χ1) is 5.46. The van der Waals surface area contributed by atoms with Crippen molar-refractivity contribution in [1.29, 1.82) is 0 Å². The Hall–Kier alpha value is 0.110. The molecule has 1 aromatic carbocycles. The van der Waals surface area contributed by atoms with Crippen LogP contribution in [0.15, 0.2) is 27.1 Å². The van der Waals surface area contributed by atoms with Crippen molar-refractivity contribution in [3.05, 3.63) is 32.9 Å². The van der Waals surface area contributed by atoms with E-state index in [1.165, 1.54) is 0 Å². The van der Waals surface area contributed by atoms with E-state index in [0.29, 0.717) is 0 Å². The van der Waals surface area contributed by atoms with Gasteiger partial charge >= 0.3 is 0 Å². The van der Waals surface area contributed by atoms with Crippen LogP contribution in [0.4, 0.5) is 4.39 Å². The number of rotatable bonds is 0. The van der Waals surface area contributed by atoms with Crippen molar-refractivity contribution in [2.45, 2.75) is 0 Å². The lowest BCUT2D eigenvalue weighted by Crippen LogP contribution is -1.72. The summed E-state index contributed by atoms with van der Waals surface area (Å²) in [7, 11) is 0. The van der Waals surface area contributed by atoms with Crippen LogP contribution in [-0.2, 0) is 0 Å². The number of benzene rings is 1. The van der Waals surface area contributed by atoms with Gasteiger partial charge in [-0.1, -0.05) is 0 Å². The topological polar surface area (TPSA) is 0 Å². The Morgan fingerprint density at radius 2 is 2.00 bits per heavy atom. The first-order valence-electron chi connectivity index (χ1n) is 3.57. The van der Waals surface area contributed by atoms with E-state index in [1.807, 2.05) is 0 Å². The molecule has 0 aliphatic carbocycles. The summed E-state index contributed by atoms with van der Waals surface area (Å²) in [6.07, 6.45) is 0. The minimum atomic E-state index is -0.977. The summed E-state index contributed by atoms with van der Waals surface area (Å²) in [5, 5.41) is 0. The number of hydrogen-bond donors (Lipinski definition) is 0. The van der Waals surface area contributed by atoms with Gasteiger partial charge in [0.1, 0.15) is 5.82 Å². The van der Waals surface area contributed by atoms with E-state index in [4.69, 9.17) is 4.11 Å². The minimum Gasteiger partial charge on any atom is -0.207 e. The van der Waals surface area contributed by atoms with E-state index >= 15 is 0 Å². The molecule has 1 aromatic rings. The van der Waals surface area contributed by atoms with Crippen LogP contribution in [0.3, 0.4) is 0 Å². The SMILES string of the molecule is [2H]c1c([2H])c(Br)c(Br)c([2H])c1F. The van der Waals surface area contributed by atoms with Gasteiger partial charge in [-0.25, -0.2) is 4.39 Å². The first kappa shape index (κ1) is 4.09. The van der Waals surface area contributed by atoms with Crippen molar-refractivity contribution in [2.24, 2.45) is 0 Å². The minimum absolute atomic E-state index is 0.168. The van der Waals surface area contributed by atoms with Crippen molar-refractivity contribution in [1.82, 2.24) is 0 Å². The van der Waals surface area contributed by atoms with Crippen LogP contribution in [0, 0.1) is 5.82 Å². The van der Waals surface area contributed by atoms with E-state index in [1.54, 1.807) is 0 Å². The lowest BCUT2D eigenvalue weighted by molar-refractivity contribution is 0.626. The largest absolute Gasteiger partial charge is 0.207 e. The van der Waals surface area contributed by atoms with E-state index in [9.17, 15) is 4.39 Å². The number of halogens is 3. The Bertz CT molecular complexity index is 235. The highest BCUT2D eigenvalue weighted by atomic mass is 79.9. The molecule has 0 atom stereocenters. The predicted molar refractivity (Wildman–Crippen MR) is 41.8 cm³/mol. The van der Waals surface area contributed by atoms with E-state index < -0.39 is 17.9 Å². The average molecular weight is 257 g/mol. The van der Waals surface area contributed by atoms with Gasteiger partial charge in [-0.2, -0.15) is 0 Å². The van der Waals surface area contributed by atoms with Gasteiger partial charge in [-0.3, -0.25) is 0 Å². The maximum atomic E-state index is 12.9. The molecule has 0 fully saturated rings. The van der Waals surface area contributed by atoms with Crippen LogP contribution < -0.4 is 0 Å². The third-order valence-corrected chi connectivity index (χ3v) is 2.42. The molecule has 0 aromatic heterocycles. The Balaban J connectivity index is 3.60. The van der Waals surface area contributed by atoms with E-state index in [-0.39, 0.29) is 15.0 Å². The monoisotopic (exact) mass is 255 g/mol. The summed E-state index contributed by atoms with van der Waals surface area (Å²) in [6.45, 7) is 0. The lowest BCUT2D eigenvalue weighted by Gasteiger charge is -1.92. The summed E-state index contributed by atoms with van der Waals surface area (Å²) in [4.78, 5) is 0. The molecular formula is C6H3Br2F. The molecule has 0 unspecified atom stereocenters. The molecule has 0 amide bonds. The molecule has 3 heteroatoms. The zero-order valence-corrected chi connectivity index (χ0v) is 7.31. The zero-order valence-electron chi connectivity index (χ0n) is 7.13. The van der Waals surface area contributed by atoms with Crippen LogP contribution in [-0.4, -0.2) is 0 Å². The van der Waals surface area contributed by atoms with Gasteiger partial charge in [0, 0.05) is 8.95 Å². The molecule has 0 saturated heterocycles. The second-order valence-corrected chi connectivity index (χ2v) is 2.90. The fourth-order valence-electron chi connectivity index (χ4n) is 0.347. The van der Waals surface area contributed by atoms with Gasteiger partial charge in [-0.15, -0.1) is 0 Å². The summed E-state index contributed by atoms with van der Waals surface area (Å²) >= 11 is 5.91. The van der Waals surface area contributed by atoms with Crippen molar-refractivity contribution >= 4 is 31.9 Å². The molecule has 1 rings (SSSR count). The standard InChI is InChI=1S/C6H3Br2F/c7-5-2-1-4(9)3-6(5)8/h1-3H/i1D,2D,3D. The maximum absolute atomic E-state index is 12.9. The fraction of sp³-hybridized carbons (Fsp3) is 0. The van der Waals surface area contributed by atoms with Gasteiger partial charge in [0.05, 0.1) is 4.11 Å². The van der Waals surface area contributed by atoms with Crippen LogP contribution in [0.2, 0.25) is 0 Å². The average Bonchev–Trinajstić information content (AvgIpc) is 2.08. The predicted octanol–water partition coefficient (Wildman–Crippen LogP) is 3.35. The van der Waals surface area contributed by atoms with Gasteiger partial charge in [0.2, 0.25) is 0 Å². The lowest BCUT2D eigenvalue weighted by atomic mass is 10.4. The second-order valence-electron chi connectivity index (χ2n) is 1.32. The van der Waals surface area contributed by atoms with Gasteiger partial charge in [0.25, 0.3) is 0 Å². The van der Waals surface area contributed by atoms with Gasteiger partial charge in [0.15, 0.2) is 0 Å². The molecule has 0 bridgehead atoms. The summed E-state index contributed by atoms with van der Waals surface area (Å²) in [5.74, 6) is -0.977. The Morgan fingerprint density at radius 1 is 1.33 bits per heavy atom. The van der Waals surface area contributed by atoms with Crippen LogP contribution in [0.1, 0.15) is 4.11 Å². The zero-order chi connectivity index (χ0) is 9.46. The first-order valence-corrected chi connectivity index (χ1v) is 3.65. The Morgan fingerprint density at radius 3 is 2.67 bits per heavy atom. The second kappa shape index (κ2) is 2.80. The third kappa shape index (κ3) is 1.76. The fourth-order valence-corrected chi connectivity index (χ4v) is 0.819. The summed E-state index contributed by atoms with van der Waals surface area (Å²) in [6, 6.07) is -1.21. The van der Waals surface area contributed by atoms with Crippen molar-refractivity contribution in [3.8, 4) is 0 Å². The smallest absolute Gasteiger partial charge is 0.124 e. The summed E-state index contributed by atoms with van der Waals surface area (Å²) in [5.41, 5.74) is 0. The molecule has 0 heterocycles. The van der Waals surface area contributed by atoms with Crippen molar-refractivity contribution < 1.29 is 8.50 Å². The Kier molecular flexibility index (Phi) is 1.27. The molecule has 0 saturated carbocycles. The van der Waals surface area contributed by atoms with Gasteiger partial charge in [-0.05, 0) is 50.0 Å². The highest BCUT2D eigenvalue weighted by molar-refractivity contribution is 9.13. The molecular weight excluding hydrogens is 251 g/mol. The molecule has 48 valence electrons. The molecule has 0 aliphatic heterocycles. The molecule has 0 spiro atoms. The van der Waals surface area contributed by atoms with Crippen LogP contribution in [0.25, 0.3) is 0 Å². The van der Waals surface area contributed by atoms with Gasteiger partial charge < -0.3 is 0 Å².